The van der Waals surface area contributed by atoms with E-state index in [1.807, 2.05) is 30.3 Å². The fourth-order valence-electron chi connectivity index (χ4n) is 11.7. The van der Waals surface area contributed by atoms with Gasteiger partial charge in [0.25, 0.3) is 0 Å². The first-order chi connectivity index (χ1) is 34.2. The zero-order valence-corrected chi connectivity index (χ0v) is 36.7. The second-order valence-electron chi connectivity index (χ2n) is 17.8. The summed E-state index contributed by atoms with van der Waals surface area (Å²) in [6.45, 7) is 0. The maximum atomic E-state index is 12.1. The SMILES string of the molecule is N#Cc1c(C#N)c(-n2c3ccccc3c3cc4c(cc32)oc2ccccc24)c(-n2c3ccccc3c3ccccc32)c(-n2c3ccccc3c3ccccc32)c1-n1c2ccccc2c2ccccc21. The smallest absolute Gasteiger partial charge is 0.137 e. The molecule has 7 heteroatoms. The quantitative estimate of drug-likeness (QED) is 0.177. The number of benzene rings is 10. The molecular formula is C62H34N6O. The van der Waals surface area contributed by atoms with Gasteiger partial charge in [0.15, 0.2) is 0 Å². The van der Waals surface area contributed by atoms with Crippen molar-refractivity contribution in [1.82, 2.24) is 18.3 Å². The molecule has 0 atom stereocenters. The number of aromatic nitrogens is 4. The molecule has 0 fully saturated rings. The van der Waals surface area contributed by atoms with Gasteiger partial charge in [-0.05, 0) is 54.6 Å². The lowest BCUT2D eigenvalue weighted by atomic mass is 9.98. The highest BCUT2D eigenvalue weighted by Crippen LogP contribution is 2.50. The minimum Gasteiger partial charge on any atom is -0.456 e. The summed E-state index contributed by atoms with van der Waals surface area (Å²) in [5, 5.41) is 34.7. The number of nitrogens with zero attached hydrogens (tertiary/aromatic N) is 6. The van der Waals surface area contributed by atoms with Crippen LogP contribution in [0.3, 0.4) is 0 Å². The third-order valence-corrected chi connectivity index (χ3v) is 14.4. The van der Waals surface area contributed by atoms with Gasteiger partial charge >= 0.3 is 0 Å². The van der Waals surface area contributed by atoms with E-state index in [1.54, 1.807) is 0 Å². The van der Waals surface area contributed by atoms with E-state index in [4.69, 9.17) is 4.42 Å². The summed E-state index contributed by atoms with van der Waals surface area (Å²) in [5.74, 6) is 0. The molecule has 0 aliphatic carbocycles. The van der Waals surface area contributed by atoms with Crippen LogP contribution in [0.15, 0.2) is 211 Å². The Bertz CT molecular complexity index is 4660. The highest BCUT2D eigenvalue weighted by Gasteiger charge is 2.34. The molecule has 15 aromatic rings. The van der Waals surface area contributed by atoms with Crippen molar-refractivity contribution in [1.29, 1.82) is 10.5 Å². The van der Waals surface area contributed by atoms with Gasteiger partial charge in [-0.25, -0.2) is 0 Å². The van der Waals surface area contributed by atoms with Gasteiger partial charge in [-0.15, -0.1) is 0 Å². The highest BCUT2D eigenvalue weighted by molar-refractivity contribution is 6.19. The molecule has 0 saturated heterocycles. The van der Waals surface area contributed by atoms with Crippen molar-refractivity contribution in [3.63, 3.8) is 0 Å². The van der Waals surface area contributed by atoms with Gasteiger partial charge in [0, 0.05) is 59.9 Å². The lowest BCUT2D eigenvalue weighted by Gasteiger charge is -2.27. The zero-order valence-electron chi connectivity index (χ0n) is 36.7. The minimum atomic E-state index is 0.253. The Kier molecular flexibility index (Phi) is 7.51. The van der Waals surface area contributed by atoms with Gasteiger partial charge in [-0.3, -0.25) is 0 Å². The van der Waals surface area contributed by atoms with Crippen molar-refractivity contribution in [2.24, 2.45) is 0 Å². The van der Waals surface area contributed by atoms with E-state index >= 15 is 0 Å². The van der Waals surface area contributed by atoms with E-state index in [2.05, 4.69) is 206 Å². The van der Waals surface area contributed by atoms with Gasteiger partial charge in [0.05, 0.1) is 78.0 Å². The third-order valence-electron chi connectivity index (χ3n) is 14.4. The summed E-state index contributed by atoms with van der Waals surface area (Å²) in [4.78, 5) is 0. The molecule has 0 aliphatic heterocycles. The molecule has 7 nitrogen and oxygen atoms in total. The molecule has 0 N–H and O–H groups in total. The van der Waals surface area contributed by atoms with Gasteiger partial charge < -0.3 is 22.7 Å². The van der Waals surface area contributed by atoms with Crippen molar-refractivity contribution in [3.05, 3.63) is 217 Å². The van der Waals surface area contributed by atoms with Crippen LogP contribution >= 0.6 is 0 Å². The number of fused-ring (bicyclic) bond motifs is 15. The first-order valence-corrected chi connectivity index (χ1v) is 23.1. The maximum absolute atomic E-state index is 12.1. The first kappa shape index (κ1) is 37.4. The number of hydrogen-bond acceptors (Lipinski definition) is 3. The van der Waals surface area contributed by atoms with E-state index in [0.717, 1.165) is 121 Å². The maximum Gasteiger partial charge on any atom is 0.137 e. The van der Waals surface area contributed by atoms with E-state index in [-0.39, 0.29) is 11.1 Å². The van der Waals surface area contributed by atoms with Crippen LogP contribution in [0.5, 0.6) is 0 Å². The molecule has 0 radical (unpaired) electrons. The summed E-state index contributed by atoms with van der Waals surface area (Å²) >= 11 is 0. The molecule has 0 unspecified atom stereocenters. The van der Waals surface area contributed by atoms with E-state index < -0.39 is 0 Å². The van der Waals surface area contributed by atoms with Crippen LogP contribution in [-0.4, -0.2) is 18.3 Å². The average molecular weight is 879 g/mol. The Balaban J connectivity index is 1.28. The molecule has 10 aromatic carbocycles. The molecule has 5 aromatic heterocycles. The lowest BCUT2D eigenvalue weighted by molar-refractivity contribution is 0.669. The fraction of sp³-hybridized carbons (Fsp3) is 0. The fourth-order valence-corrected chi connectivity index (χ4v) is 11.7. The molecule has 0 spiro atoms. The van der Waals surface area contributed by atoms with Crippen LogP contribution in [0.25, 0.3) is 132 Å². The number of furan rings is 1. The van der Waals surface area contributed by atoms with Gasteiger partial charge in [-0.1, -0.05) is 146 Å². The van der Waals surface area contributed by atoms with Crippen molar-refractivity contribution in [3.8, 4) is 34.9 Å². The third kappa shape index (κ3) is 4.87. The normalized spacial score (nSPS) is 12.0. The molecule has 0 amide bonds. The lowest BCUT2D eigenvalue weighted by Crippen LogP contribution is -2.17. The van der Waals surface area contributed by atoms with Crippen molar-refractivity contribution in [2.45, 2.75) is 0 Å². The largest absolute Gasteiger partial charge is 0.456 e. The Labute approximate surface area is 392 Å². The Morgan fingerprint density at radius 2 is 0.551 bits per heavy atom. The van der Waals surface area contributed by atoms with Crippen LogP contribution < -0.4 is 0 Å². The van der Waals surface area contributed by atoms with Crippen LogP contribution in [0.1, 0.15) is 11.1 Å². The van der Waals surface area contributed by atoms with Crippen molar-refractivity contribution < 1.29 is 4.42 Å². The molecular weight excluding hydrogens is 845 g/mol. The van der Waals surface area contributed by atoms with Crippen molar-refractivity contribution >= 4 is 109 Å². The Hall–Kier alpha value is -9.82. The Morgan fingerprint density at radius 3 is 0.913 bits per heavy atom. The number of nitriles is 2. The van der Waals surface area contributed by atoms with Crippen molar-refractivity contribution in [2.75, 3.05) is 0 Å². The van der Waals surface area contributed by atoms with Gasteiger partial charge in [0.2, 0.25) is 0 Å². The second kappa shape index (κ2) is 13.9. The number of rotatable bonds is 4. The average Bonchev–Trinajstić information content (AvgIpc) is 4.20. The molecule has 0 bridgehead atoms. The molecule has 0 saturated carbocycles. The van der Waals surface area contributed by atoms with Crippen LogP contribution in [0.2, 0.25) is 0 Å². The topological polar surface area (TPSA) is 80.4 Å². The molecule has 318 valence electrons. The Morgan fingerprint density at radius 1 is 0.261 bits per heavy atom. The summed E-state index contributed by atoms with van der Waals surface area (Å²) in [5.41, 5.74) is 12.2. The second-order valence-corrected chi connectivity index (χ2v) is 17.8. The first-order valence-electron chi connectivity index (χ1n) is 23.1. The van der Waals surface area contributed by atoms with E-state index in [9.17, 15) is 10.5 Å². The zero-order chi connectivity index (χ0) is 45.5. The summed E-state index contributed by atoms with van der Waals surface area (Å²) in [7, 11) is 0. The summed E-state index contributed by atoms with van der Waals surface area (Å²) in [6, 6.07) is 77.2. The highest BCUT2D eigenvalue weighted by atomic mass is 16.3. The minimum absolute atomic E-state index is 0.253. The van der Waals surface area contributed by atoms with Gasteiger partial charge in [0.1, 0.15) is 23.3 Å². The number of hydrogen-bond donors (Lipinski definition) is 0. The van der Waals surface area contributed by atoms with Gasteiger partial charge in [-0.2, -0.15) is 10.5 Å². The summed E-state index contributed by atoms with van der Waals surface area (Å²) < 4.78 is 15.8. The number of para-hydroxylation sites is 8. The van der Waals surface area contributed by atoms with Crippen LogP contribution in [0.4, 0.5) is 0 Å². The monoisotopic (exact) mass is 878 g/mol. The van der Waals surface area contributed by atoms with E-state index in [1.165, 1.54) is 0 Å². The molecule has 69 heavy (non-hydrogen) atoms. The summed E-state index contributed by atoms with van der Waals surface area (Å²) in [6.07, 6.45) is 0. The molecule has 0 aliphatic rings. The molecule has 15 rings (SSSR count). The van der Waals surface area contributed by atoms with E-state index in [0.29, 0.717) is 11.4 Å². The standard InChI is InChI=1S/C62H34N6O/c63-35-47-48(36-64)60(68-55-31-15-7-23-43(55)45-33-46-44-24-8-16-32-57(44)69-58(46)34-56(45)68)62(67-53-29-13-5-21-41(53)42-22-6-14-30-54(42)67)61(66-51-27-11-3-19-39(51)40-20-4-12-28-52(40)66)59(47)65-49-25-9-1-17-37(49)38-18-2-10-26-50(38)65/h1-34H. The predicted molar refractivity (Wildman–Crippen MR) is 281 cm³/mol. The molecule has 5 heterocycles. The predicted octanol–water partition coefficient (Wildman–Crippen LogP) is 15.7. The van der Waals surface area contributed by atoms with Crippen LogP contribution in [-0.2, 0) is 0 Å². The van der Waals surface area contributed by atoms with Crippen LogP contribution in [0, 0.1) is 22.7 Å².